The van der Waals surface area contributed by atoms with Gasteiger partial charge in [-0.25, -0.2) is 15.0 Å². The number of ether oxygens (including phenoxy) is 2. The zero-order chi connectivity index (χ0) is 26.2. The van der Waals surface area contributed by atoms with E-state index in [1.165, 1.54) is 23.1 Å². The number of nitrogens with zero attached hydrogens (tertiary/aromatic N) is 4. The van der Waals surface area contributed by atoms with Gasteiger partial charge in [-0.15, -0.1) is 0 Å². The Labute approximate surface area is 227 Å². The van der Waals surface area contributed by atoms with Crippen molar-refractivity contribution in [3.8, 4) is 0 Å². The molecule has 3 heterocycles. The minimum Gasteiger partial charge on any atom is -0.395 e. The van der Waals surface area contributed by atoms with Gasteiger partial charge in [0.15, 0.2) is 17.0 Å². The molecule has 200 valence electrons. The average molecular weight is 535 g/mol. The molecule has 0 radical (unpaired) electrons. The first-order valence-corrected chi connectivity index (χ1v) is 13.9. The van der Waals surface area contributed by atoms with E-state index < -0.39 is 0 Å². The van der Waals surface area contributed by atoms with Crippen LogP contribution in [0.1, 0.15) is 41.9 Å². The highest BCUT2D eigenvalue weighted by Crippen LogP contribution is 2.32. The van der Waals surface area contributed by atoms with E-state index in [4.69, 9.17) is 29.5 Å². The number of anilines is 1. The van der Waals surface area contributed by atoms with Crippen molar-refractivity contribution in [3.63, 3.8) is 0 Å². The summed E-state index contributed by atoms with van der Waals surface area (Å²) in [5.41, 5.74) is 3.92. The minimum atomic E-state index is -0.145. The van der Waals surface area contributed by atoms with E-state index in [0.29, 0.717) is 37.1 Å². The van der Waals surface area contributed by atoms with Gasteiger partial charge in [0.05, 0.1) is 32.2 Å². The summed E-state index contributed by atoms with van der Waals surface area (Å²) in [7, 11) is 1.70. The summed E-state index contributed by atoms with van der Waals surface area (Å²) < 4.78 is 16.8. The highest BCUT2D eigenvalue weighted by molar-refractivity contribution is 7.97. The number of hydrogen-bond donors (Lipinski definition) is 3. The number of nitrogens with one attached hydrogen (secondary N) is 2. The molecule has 2 aromatic heterocycles. The van der Waals surface area contributed by atoms with Crippen LogP contribution in [0.4, 0.5) is 5.82 Å². The highest BCUT2D eigenvalue weighted by atomic mass is 32.2. The number of methoxy groups -OCH3 is 1. The molecule has 4 aromatic rings. The van der Waals surface area contributed by atoms with E-state index in [2.05, 4.69) is 58.6 Å². The quantitative estimate of drug-likeness (QED) is 0.172. The second kappa shape index (κ2) is 13.2. The third-order valence-corrected chi connectivity index (χ3v) is 7.35. The van der Waals surface area contributed by atoms with E-state index in [1.807, 2.05) is 16.7 Å². The van der Waals surface area contributed by atoms with E-state index in [0.717, 1.165) is 24.0 Å². The van der Waals surface area contributed by atoms with E-state index in [9.17, 15) is 0 Å². The van der Waals surface area contributed by atoms with Crippen molar-refractivity contribution in [2.75, 3.05) is 37.9 Å². The lowest BCUT2D eigenvalue weighted by Crippen LogP contribution is -2.18. The maximum Gasteiger partial charge on any atom is 0.167 e. The van der Waals surface area contributed by atoms with Gasteiger partial charge in [0.1, 0.15) is 12.1 Å². The molecule has 1 fully saturated rings. The Morgan fingerprint density at radius 1 is 1.08 bits per heavy atom. The lowest BCUT2D eigenvalue weighted by Gasteiger charge is -2.20. The van der Waals surface area contributed by atoms with Gasteiger partial charge in [-0.05, 0) is 24.0 Å². The zero-order valence-electron chi connectivity index (χ0n) is 21.5. The number of aromatic nitrogens is 4. The molecule has 2 aromatic carbocycles. The number of benzene rings is 2. The Morgan fingerprint density at radius 3 is 2.50 bits per heavy atom. The van der Waals surface area contributed by atoms with Gasteiger partial charge in [0.2, 0.25) is 0 Å². The SMILES string of the molecule is COCC1CCC(n2cnc3c(NCC(c4ccccc4)c4ccccc4)nc(CNSCCO)nc32)O1. The molecule has 1 aliphatic heterocycles. The molecule has 0 aliphatic carbocycles. The molecule has 2 unspecified atom stereocenters. The third kappa shape index (κ3) is 6.33. The largest absolute Gasteiger partial charge is 0.395 e. The summed E-state index contributed by atoms with van der Waals surface area (Å²) in [5, 5.41) is 12.7. The molecule has 10 heteroatoms. The molecular weight excluding hydrogens is 500 g/mol. The van der Waals surface area contributed by atoms with E-state index in [-0.39, 0.29) is 24.9 Å². The smallest absolute Gasteiger partial charge is 0.167 e. The van der Waals surface area contributed by atoms with Crippen molar-refractivity contribution in [1.29, 1.82) is 0 Å². The molecule has 0 bridgehead atoms. The maximum atomic E-state index is 9.11. The van der Waals surface area contributed by atoms with Crippen molar-refractivity contribution in [3.05, 3.63) is 83.9 Å². The lowest BCUT2D eigenvalue weighted by molar-refractivity contribution is -0.0300. The molecule has 0 spiro atoms. The van der Waals surface area contributed by atoms with Crippen LogP contribution in [-0.4, -0.2) is 63.4 Å². The monoisotopic (exact) mass is 534 g/mol. The molecule has 0 amide bonds. The number of hydrogen-bond acceptors (Lipinski definition) is 9. The summed E-state index contributed by atoms with van der Waals surface area (Å²) in [6, 6.07) is 21.0. The van der Waals surface area contributed by atoms with Crippen LogP contribution in [0.3, 0.4) is 0 Å². The molecule has 9 nitrogen and oxygen atoms in total. The Balaban J connectivity index is 1.44. The first-order chi connectivity index (χ1) is 18.8. The van der Waals surface area contributed by atoms with Gasteiger partial charge in [-0.1, -0.05) is 72.6 Å². The first kappa shape index (κ1) is 26.6. The summed E-state index contributed by atoms with van der Waals surface area (Å²) in [6.45, 7) is 1.79. The highest BCUT2D eigenvalue weighted by Gasteiger charge is 2.29. The Hall–Kier alpha value is -3.02. The average Bonchev–Trinajstić information content (AvgIpc) is 3.60. The Bertz CT molecular complexity index is 1250. The predicted octanol–water partition coefficient (Wildman–Crippen LogP) is 4.12. The van der Waals surface area contributed by atoms with Gasteiger partial charge in [0.25, 0.3) is 0 Å². The van der Waals surface area contributed by atoms with Crippen LogP contribution in [0.2, 0.25) is 0 Å². The summed E-state index contributed by atoms with van der Waals surface area (Å²) >= 11 is 1.45. The summed E-state index contributed by atoms with van der Waals surface area (Å²) in [4.78, 5) is 14.4. The summed E-state index contributed by atoms with van der Waals surface area (Å²) in [5.74, 6) is 2.08. The van der Waals surface area contributed by atoms with Gasteiger partial charge in [0, 0.05) is 25.3 Å². The van der Waals surface area contributed by atoms with Crippen LogP contribution in [0.25, 0.3) is 11.2 Å². The van der Waals surface area contributed by atoms with Gasteiger partial charge < -0.3 is 19.9 Å². The standard InChI is InChI=1S/C28H34N6O3S/c1-36-18-22-12-13-25(37-22)34-19-30-26-27(32-24(33-28(26)34)17-31-38-15-14-35)29-16-23(20-8-4-2-5-9-20)21-10-6-3-7-11-21/h2-11,19,22-23,25,31,35H,12-18H2,1H3,(H,29,32,33). The fraction of sp³-hybridized carbons (Fsp3) is 0.393. The number of aliphatic hydroxyl groups excluding tert-OH is 1. The number of aliphatic hydroxyl groups is 1. The van der Waals surface area contributed by atoms with Crippen LogP contribution in [0, 0.1) is 0 Å². The molecule has 1 saturated heterocycles. The van der Waals surface area contributed by atoms with Crippen LogP contribution in [-0.2, 0) is 16.0 Å². The first-order valence-electron chi connectivity index (χ1n) is 12.9. The normalized spacial score (nSPS) is 17.4. The summed E-state index contributed by atoms with van der Waals surface area (Å²) in [6.07, 6.45) is 3.52. The van der Waals surface area contributed by atoms with Gasteiger partial charge >= 0.3 is 0 Å². The number of imidazole rings is 1. The maximum absolute atomic E-state index is 9.11. The van der Waals surface area contributed by atoms with Crippen molar-refractivity contribution >= 4 is 28.9 Å². The van der Waals surface area contributed by atoms with Gasteiger partial charge in [-0.2, -0.15) is 0 Å². The van der Waals surface area contributed by atoms with Crippen molar-refractivity contribution in [2.24, 2.45) is 0 Å². The predicted molar refractivity (Wildman–Crippen MR) is 150 cm³/mol. The van der Waals surface area contributed by atoms with Crippen molar-refractivity contribution < 1.29 is 14.6 Å². The fourth-order valence-corrected chi connectivity index (χ4v) is 5.27. The Kier molecular flexibility index (Phi) is 9.21. The van der Waals surface area contributed by atoms with Crippen LogP contribution >= 0.6 is 11.9 Å². The third-order valence-electron chi connectivity index (χ3n) is 6.62. The van der Waals surface area contributed by atoms with Crippen LogP contribution < -0.4 is 10.0 Å². The molecule has 5 rings (SSSR count). The van der Waals surface area contributed by atoms with Crippen LogP contribution in [0.15, 0.2) is 67.0 Å². The number of rotatable bonds is 13. The minimum absolute atomic E-state index is 0.0652. The zero-order valence-corrected chi connectivity index (χ0v) is 22.3. The topological polar surface area (TPSA) is 106 Å². The molecule has 3 N–H and O–H groups in total. The second-order valence-corrected chi connectivity index (χ2v) is 10.2. The molecule has 0 saturated carbocycles. The van der Waals surface area contributed by atoms with E-state index >= 15 is 0 Å². The van der Waals surface area contributed by atoms with Crippen molar-refractivity contribution in [2.45, 2.75) is 37.6 Å². The lowest BCUT2D eigenvalue weighted by atomic mass is 9.91. The second-order valence-electron chi connectivity index (χ2n) is 9.21. The Morgan fingerprint density at radius 2 is 1.82 bits per heavy atom. The van der Waals surface area contributed by atoms with Crippen molar-refractivity contribution in [1.82, 2.24) is 24.2 Å². The molecule has 38 heavy (non-hydrogen) atoms. The van der Waals surface area contributed by atoms with E-state index in [1.54, 1.807) is 13.4 Å². The fourth-order valence-electron chi connectivity index (χ4n) is 4.81. The van der Waals surface area contributed by atoms with Gasteiger partial charge in [-0.3, -0.25) is 9.29 Å². The molecule has 1 aliphatic rings. The number of fused-ring (bicyclic) bond motifs is 1. The molecule has 2 atom stereocenters. The van der Waals surface area contributed by atoms with Crippen LogP contribution in [0.5, 0.6) is 0 Å². The molecular formula is C28H34N6O3S.